The van der Waals surface area contributed by atoms with Gasteiger partial charge in [0, 0.05) is 24.7 Å². The molecule has 2 aromatic rings. The summed E-state index contributed by atoms with van der Waals surface area (Å²) in [4.78, 5) is 4.35. The second-order valence-electron chi connectivity index (χ2n) is 3.92. The number of aromatic nitrogens is 2. The summed E-state index contributed by atoms with van der Waals surface area (Å²) in [5, 5.41) is 1.41. The molecule has 3 nitrogen and oxygen atoms in total. The van der Waals surface area contributed by atoms with Crippen molar-refractivity contribution in [2.24, 2.45) is 12.8 Å². The Bertz CT molecular complexity index is 453. The van der Waals surface area contributed by atoms with Gasteiger partial charge in [-0.15, -0.1) is 0 Å². The summed E-state index contributed by atoms with van der Waals surface area (Å²) in [5.41, 5.74) is 7.00. The number of aryl methyl sites for hydroxylation is 1. The van der Waals surface area contributed by atoms with Crippen LogP contribution >= 0.6 is 11.8 Å². The molecule has 2 rings (SSSR count). The van der Waals surface area contributed by atoms with Crippen LogP contribution in [-0.4, -0.2) is 16.1 Å². The summed E-state index contributed by atoms with van der Waals surface area (Å²) in [7, 11) is 2.01. The predicted octanol–water partition coefficient (Wildman–Crippen LogP) is 2.60. The van der Waals surface area contributed by atoms with Crippen LogP contribution in [0.15, 0.2) is 47.9 Å². The van der Waals surface area contributed by atoms with E-state index in [9.17, 15) is 0 Å². The number of rotatable bonds is 5. The van der Waals surface area contributed by atoms with Crippen molar-refractivity contribution in [3.8, 4) is 0 Å². The highest BCUT2D eigenvalue weighted by atomic mass is 32.2. The number of nitrogens with zero attached hydrogens (tertiary/aromatic N) is 2. The van der Waals surface area contributed by atoms with Gasteiger partial charge in [0.2, 0.25) is 0 Å². The summed E-state index contributed by atoms with van der Waals surface area (Å²) in [5.74, 6) is 0. The van der Waals surface area contributed by atoms with Crippen LogP contribution in [0.25, 0.3) is 0 Å². The minimum absolute atomic E-state index is 0.377. The fraction of sp³-hybridized carbons (Fsp3) is 0.308. The molecule has 1 aromatic carbocycles. The molecule has 0 saturated heterocycles. The van der Waals surface area contributed by atoms with E-state index >= 15 is 0 Å². The van der Waals surface area contributed by atoms with E-state index in [1.165, 1.54) is 5.56 Å². The number of hydrogen-bond acceptors (Lipinski definition) is 3. The zero-order valence-electron chi connectivity index (χ0n) is 9.91. The van der Waals surface area contributed by atoms with Crippen molar-refractivity contribution in [2.75, 3.05) is 6.54 Å². The highest BCUT2D eigenvalue weighted by Crippen LogP contribution is 2.36. The van der Waals surface area contributed by atoms with Crippen molar-refractivity contribution < 1.29 is 0 Å². The first-order valence-corrected chi connectivity index (χ1v) is 6.58. The van der Waals surface area contributed by atoms with Crippen LogP contribution in [0.3, 0.4) is 0 Å². The van der Waals surface area contributed by atoms with E-state index in [1.54, 1.807) is 11.8 Å². The number of hydrogen-bond donors (Lipinski definition) is 1. The fourth-order valence-corrected chi connectivity index (χ4v) is 2.86. The molecule has 90 valence electrons. The molecule has 0 spiro atoms. The van der Waals surface area contributed by atoms with Crippen molar-refractivity contribution in [1.29, 1.82) is 0 Å². The van der Waals surface area contributed by atoms with Crippen molar-refractivity contribution in [3.63, 3.8) is 0 Å². The molecule has 1 unspecified atom stereocenters. The van der Waals surface area contributed by atoms with E-state index in [2.05, 4.69) is 29.2 Å². The number of imidazole rings is 1. The second-order valence-corrected chi connectivity index (χ2v) is 5.09. The third-order valence-electron chi connectivity index (χ3n) is 2.62. The average Bonchev–Trinajstić information content (AvgIpc) is 2.76. The number of thioether (sulfide) groups is 1. The van der Waals surface area contributed by atoms with E-state index in [0.29, 0.717) is 11.8 Å². The predicted molar refractivity (Wildman–Crippen MR) is 71.9 cm³/mol. The Balaban J connectivity index is 2.16. The fourth-order valence-electron chi connectivity index (χ4n) is 1.71. The normalized spacial score (nSPS) is 12.6. The second kappa shape index (κ2) is 5.89. The molecule has 1 atom stereocenters. The molecule has 0 aliphatic rings. The minimum Gasteiger partial charge on any atom is -0.330 e. The van der Waals surface area contributed by atoms with Gasteiger partial charge in [-0.3, -0.25) is 0 Å². The molecule has 0 amide bonds. The lowest BCUT2D eigenvalue weighted by molar-refractivity contribution is 0.768. The van der Waals surface area contributed by atoms with E-state index < -0.39 is 0 Å². The number of benzene rings is 1. The van der Waals surface area contributed by atoms with Crippen molar-refractivity contribution >= 4 is 11.8 Å². The average molecular weight is 247 g/mol. The minimum atomic E-state index is 0.377. The van der Waals surface area contributed by atoms with Crippen molar-refractivity contribution in [3.05, 3.63) is 48.3 Å². The van der Waals surface area contributed by atoms with Crippen LogP contribution in [-0.2, 0) is 7.05 Å². The smallest absolute Gasteiger partial charge is 0.168 e. The molecule has 1 aromatic heterocycles. The largest absolute Gasteiger partial charge is 0.330 e. The van der Waals surface area contributed by atoms with Gasteiger partial charge in [0.15, 0.2) is 5.16 Å². The monoisotopic (exact) mass is 247 g/mol. The van der Waals surface area contributed by atoms with E-state index in [-0.39, 0.29) is 0 Å². The molecule has 0 radical (unpaired) electrons. The zero-order valence-corrected chi connectivity index (χ0v) is 10.7. The molecule has 1 heterocycles. The van der Waals surface area contributed by atoms with Crippen LogP contribution < -0.4 is 5.73 Å². The topological polar surface area (TPSA) is 43.8 Å². The van der Waals surface area contributed by atoms with Crippen LogP contribution in [0.4, 0.5) is 0 Å². The first-order valence-electron chi connectivity index (χ1n) is 5.70. The van der Waals surface area contributed by atoms with Gasteiger partial charge in [-0.1, -0.05) is 42.1 Å². The summed E-state index contributed by atoms with van der Waals surface area (Å²) in [6.07, 6.45) is 4.75. The molecule has 0 bridgehead atoms. The summed E-state index contributed by atoms with van der Waals surface area (Å²) in [6, 6.07) is 10.5. The van der Waals surface area contributed by atoms with Gasteiger partial charge in [0.05, 0.1) is 0 Å². The maximum Gasteiger partial charge on any atom is 0.168 e. The van der Waals surface area contributed by atoms with Gasteiger partial charge in [0.1, 0.15) is 0 Å². The third-order valence-corrected chi connectivity index (χ3v) is 4.02. The van der Waals surface area contributed by atoms with Gasteiger partial charge in [-0.25, -0.2) is 4.98 Å². The highest BCUT2D eigenvalue weighted by Gasteiger charge is 2.14. The molecular weight excluding hydrogens is 230 g/mol. The summed E-state index contributed by atoms with van der Waals surface area (Å²) >= 11 is 1.77. The van der Waals surface area contributed by atoms with E-state index in [1.807, 2.05) is 30.1 Å². The Morgan fingerprint density at radius 3 is 2.71 bits per heavy atom. The first-order chi connectivity index (χ1) is 8.31. The van der Waals surface area contributed by atoms with E-state index in [4.69, 9.17) is 5.73 Å². The molecule has 0 saturated carbocycles. The Labute approximate surface area is 106 Å². The van der Waals surface area contributed by atoms with Crippen LogP contribution in [0.1, 0.15) is 17.2 Å². The maximum absolute atomic E-state index is 5.69. The molecular formula is C13H17N3S. The molecule has 0 aliphatic heterocycles. The molecule has 0 aliphatic carbocycles. The van der Waals surface area contributed by atoms with Crippen molar-refractivity contribution in [2.45, 2.75) is 16.8 Å². The van der Waals surface area contributed by atoms with E-state index in [0.717, 1.165) is 11.6 Å². The Hall–Kier alpha value is -1.26. The van der Waals surface area contributed by atoms with Crippen LogP contribution in [0.5, 0.6) is 0 Å². The standard InChI is InChI=1S/C13H17N3S/c1-16-10-9-15-13(16)17-12(7-8-14)11-5-3-2-4-6-11/h2-6,9-10,12H,7-8,14H2,1H3. The highest BCUT2D eigenvalue weighted by molar-refractivity contribution is 7.99. The quantitative estimate of drug-likeness (QED) is 0.826. The third kappa shape index (κ3) is 3.11. The lowest BCUT2D eigenvalue weighted by atomic mass is 10.1. The SMILES string of the molecule is Cn1ccnc1SC(CCN)c1ccccc1. The van der Waals surface area contributed by atoms with Gasteiger partial charge in [-0.05, 0) is 18.5 Å². The van der Waals surface area contributed by atoms with Gasteiger partial charge < -0.3 is 10.3 Å². The molecule has 0 fully saturated rings. The zero-order chi connectivity index (χ0) is 12.1. The molecule has 2 N–H and O–H groups in total. The van der Waals surface area contributed by atoms with Crippen molar-refractivity contribution in [1.82, 2.24) is 9.55 Å². The molecule has 17 heavy (non-hydrogen) atoms. The summed E-state index contributed by atoms with van der Waals surface area (Å²) < 4.78 is 2.04. The maximum atomic E-state index is 5.69. The van der Waals surface area contributed by atoms with Crippen LogP contribution in [0.2, 0.25) is 0 Å². The Morgan fingerprint density at radius 2 is 2.12 bits per heavy atom. The Morgan fingerprint density at radius 1 is 1.35 bits per heavy atom. The lowest BCUT2D eigenvalue weighted by Gasteiger charge is -2.15. The Kier molecular flexibility index (Phi) is 4.23. The van der Waals surface area contributed by atoms with Gasteiger partial charge in [0.25, 0.3) is 0 Å². The van der Waals surface area contributed by atoms with Gasteiger partial charge >= 0.3 is 0 Å². The summed E-state index contributed by atoms with van der Waals surface area (Å²) in [6.45, 7) is 0.691. The van der Waals surface area contributed by atoms with Gasteiger partial charge in [-0.2, -0.15) is 0 Å². The van der Waals surface area contributed by atoms with Crippen LogP contribution in [0, 0.1) is 0 Å². The number of nitrogens with two attached hydrogens (primary N) is 1. The first kappa shape index (κ1) is 12.2. The lowest BCUT2D eigenvalue weighted by Crippen LogP contribution is -2.05. The molecule has 4 heteroatoms.